The van der Waals surface area contributed by atoms with E-state index in [-0.39, 0.29) is 82.2 Å². The van der Waals surface area contributed by atoms with Crippen LogP contribution in [0.25, 0.3) is 0 Å². The molecule has 12 nitrogen and oxygen atoms in total. The maximum atomic E-state index is 13.8. The van der Waals surface area contributed by atoms with Crippen LogP contribution in [0.2, 0.25) is 0 Å². The molecule has 0 aromatic heterocycles. The van der Waals surface area contributed by atoms with Gasteiger partial charge in [0, 0.05) is 25.7 Å². The average Bonchev–Trinajstić information content (AvgIpc) is 3.27. The van der Waals surface area contributed by atoms with Crippen molar-refractivity contribution in [3.63, 3.8) is 0 Å². The molecule has 0 aliphatic heterocycles. The van der Waals surface area contributed by atoms with Crippen molar-refractivity contribution in [3.05, 3.63) is 117 Å². The second kappa shape index (κ2) is 23.9. The summed E-state index contributed by atoms with van der Waals surface area (Å²) in [5, 5.41) is 42.9. The van der Waals surface area contributed by atoms with Gasteiger partial charge in [0.05, 0.1) is 0 Å². The summed E-state index contributed by atoms with van der Waals surface area (Å²) in [5.74, 6) is -1.69. The van der Waals surface area contributed by atoms with E-state index in [1.165, 1.54) is 0 Å². The molecule has 12 heteroatoms. The van der Waals surface area contributed by atoms with Gasteiger partial charge < -0.3 is 39.4 Å². The van der Waals surface area contributed by atoms with Crippen molar-refractivity contribution >= 4 is 23.9 Å². The van der Waals surface area contributed by atoms with Crippen LogP contribution < -0.4 is 0 Å². The summed E-state index contributed by atoms with van der Waals surface area (Å²) in [4.78, 5) is 54.7. The minimum Gasteiger partial charge on any atom is -0.508 e. The molecule has 0 unspecified atom stereocenters. The van der Waals surface area contributed by atoms with Gasteiger partial charge in [-0.25, -0.2) is 0 Å². The van der Waals surface area contributed by atoms with Crippen LogP contribution in [-0.4, -0.2) is 70.7 Å². The molecule has 0 amide bonds. The third-order valence-electron chi connectivity index (χ3n) is 13.0. The van der Waals surface area contributed by atoms with Crippen LogP contribution in [0.1, 0.15) is 180 Å². The average molecular weight is 1010 g/mol. The Balaban J connectivity index is 1.63. The van der Waals surface area contributed by atoms with E-state index in [0.29, 0.717) is 19.3 Å². The molecule has 0 fully saturated rings. The van der Waals surface area contributed by atoms with Crippen molar-refractivity contribution < 1.29 is 58.6 Å². The van der Waals surface area contributed by atoms with Gasteiger partial charge in [0.1, 0.15) is 54.8 Å². The number of phenolic OH excluding ortho intramolecular Hbond substituents is 4. The SMILES string of the molecule is CC(C)(C)c1cc(CCC(=O)OCC(COC(=O)CCc2ccc(O)c(C(C)(C)C)c2)(COC(=O)CCc2ccc(O)c(C(C)(C)C)c2)COC(=O)CCc2cc(C(C)(C)C)c(O)c(C(C)(C)C)c2)ccc1O. The third-order valence-corrected chi connectivity index (χ3v) is 13.0. The minimum absolute atomic E-state index is 0.0457. The number of carbonyl (C=O) groups excluding carboxylic acids is 4. The molecule has 0 aliphatic rings. The minimum atomic E-state index is -1.54. The van der Waals surface area contributed by atoms with Gasteiger partial charge in [0.15, 0.2) is 0 Å². The van der Waals surface area contributed by atoms with Gasteiger partial charge in [0.25, 0.3) is 0 Å². The van der Waals surface area contributed by atoms with Gasteiger partial charge >= 0.3 is 23.9 Å². The first-order valence-corrected chi connectivity index (χ1v) is 25.5. The van der Waals surface area contributed by atoms with Crippen LogP contribution >= 0.6 is 0 Å². The van der Waals surface area contributed by atoms with Crippen LogP contribution in [0.3, 0.4) is 0 Å². The summed E-state index contributed by atoms with van der Waals surface area (Å²) >= 11 is 0. The van der Waals surface area contributed by atoms with Gasteiger partial charge in [-0.15, -0.1) is 0 Å². The smallest absolute Gasteiger partial charge is 0.306 e. The molecule has 0 atom stereocenters. The number of hydrogen-bond donors (Lipinski definition) is 4. The van der Waals surface area contributed by atoms with E-state index in [2.05, 4.69) is 0 Å². The molecule has 4 rings (SSSR count). The molecule has 4 aromatic carbocycles. The zero-order valence-electron chi connectivity index (χ0n) is 46.4. The highest BCUT2D eigenvalue weighted by molar-refractivity contribution is 5.72. The number of aromatic hydroxyl groups is 4. The maximum Gasteiger partial charge on any atom is 0.306 e. The molecule has 0 saturated carbocycles. The van der Waals surface area contributed by atoms with Crippen LogP contribution in [0.4, 0.5) is 0 Å². The second-order valence-electron chi connectivity index (χ2n) is 25.0. The van der Waals surface area contributed by atoms with Gasteiger partial charge in [-0.2, -0.15) is 0 Å². The lowest BCUT2D eigenvalue weighted by Gasteiger charge is -2.32. The molecule has 0 aliphatic carbocycles. The summed E-state index contributed by atoms with van der Waals surface area (Å²) in [6, 6.07) is 19.5. The van der Waals surface area contributed by atoms with Crippen LogP contribution in [0, 0.1) is 5.41 Å². The predicted octanol–water partition coefficient (Wildman–Crippen LogP) is 12.0. The van der Waals surface area contributed by atoms with E-state index in [9.17, 15) is 39.6 Å². The lowest BCUT2D eigenvalue weighted by Crippen LogP contribution is -2.44. The second-order valence-corrected chi connectivity index (χ2v) is 25.0. The Morgan fingerprint density at radius 2 is 0.562 bits per heavy atom. The fourth-order valence-corrected chi connectivity index (χ4v) is 8.46. The van der Waals surface area contributed by atoms with Crippen molar-refractivity contribution in [3.8, 4) is 23.0 Å². The first-order chi connectivity index (χ1) is 33.6. The van der Waals surface area contributed by atoms with E-state index in [0.717, 1.165) is 50.1 Å². The van der Waals surface area contributed by atoms with E-state index >= 15 is 0 Å². The van der Waals surface area contributed by atoms with E-state index < -0.39 is 55.7 Å². The molecule has 400 valence electrons. The number of ether oxygens (including phenoxy) is 4. The lowest BCUT2D eigenvalue weighted by molar-refractivity contribution is -0.170. The zero-order valence-corrected chi connectivity index (χ0v) is 46.4. The topological polar surface area (TPSA) is 186 Å². The summed E-state index contributed by atoms with van der Waals surface area (Å²) in [7, 11) is 0. The summed E-state index contributed by atoms with van der Waals surface area (Å²) in [6.45, 7) is 28.2. The first kappa shape index (κ1) is 59.5. The molecule has 0 heterocycles. The van der Waals surface area contributed by atoms with Crippen LogP contribution in [0.5, 0.6) is 23.0 Å². The summed E-state index contributed by atoms with van der Waals surface area (Å²) < 4.78 is 23.7. The Hall–Kier alpha value is -6.04. The van der Waals surface area contributed by atoms with Gasteiger partial charge in [0.2, 0.25) is 0 Å². The molecule has 0 spiro atoms. The predicted molar refractivity (Wildman–Crippen MR) is 285 cm³/mol. The molecule has 0 radical (unpaired) electrons. The number of rotatable bonds is 20. The molecule has 4 aromatic rings. The normalized spacial score (nSPS) is 12.6. The molecular formula is C61H84O12. The third kappa shape index (κ3) is 17.8. The summed E-state index contributed by atoms with van der Waals surface area (Å²) in [5.41, 5.74) is 3.64. The van der Waals surface area contributed by atoms with Gasteiger partial charge in [-0.05, 0) is 121 Å². The van der Waals surface area contributed by atoms with Crippen LogP contribution in [-0.2, 0) is 90.9 Å². The Kier molecular flexibility index (Phi) is 19.5. The first-order valence-electron chi connectivity index (χ1n) is 25.5. The number of benzene rings is 4. The number of phenols is 4. The highest BCUT2D eigenvalue weighted by Gasteiger charge is 2.38. The zero-order chi connectivity index (χ0) is 54.9. The number of hydrogen-bond acceptors (Lipinski definition) is 12. The lowest BCUT2D eigenvalue weighted by atomic mass is 9.78. The van der Waals surface area contributed by atoms with Gasteiger partial charge in [-0.1, -0.05) is 152 Å². The Morgan fingerprint density at radius 1 is 0.342 bits per heavy atom. The highest BCUT2D eigenvalue weighted by Crippen LogP contribution is 2.40. The number of aryl methyl sites for hydroxylation is 4. The largest absolute Gasteiger partial charge is 0.508 e. The molecular weight excluding hydrogens is 925 g/mol. The highest BCUT2D eigenvalue weighted by atomic mass is 16.6. The van der Waals surface area contributed by atoms with Crippen LogP contribution in [0.15, 0.2) is 66.7 Å². The Bertz CT molecular complexity index is 2330. The van der Waals surface area contributed by atoms with Crippen molar-refractivity contribution in [1.29, 1.82) is 0 Å². The monoisotopic (exact) mass is 1010 g/mol. The fraction of sp³-hybridized carbons (Fsp3) is 0.541. The van der Waals surface area contributed by atoms with E-state index in [1.54, 1.807) is 36.4 Å². The van der Waals surface area contributed by atoms with Gasteiger partial charge in [-0.3, -0.25) is 19.2 Å². The quantitative estimate of drug-likeness (QED) is 0.0486. The number of carbonyl (C=O) groups is 4. The molecule has 0 bridgehead atoms. The molecule has 4 N–H and O–H groups in total. The molecule has 73 heavy (non-hydrogen) atoms. The van der Waals surface area contributed by atoms with Crippen molar-refractivity contribution in [1.82, 2.24) is 0 Å². The summed E-state index contributed by atoms with van der Waals surface area (Å²) in [6.07, 6.45) is 0.976. The van der Waals surface area contributed by atoms with Crippen molar-refractivity contribution in [2.75, 3.05) is 26.4 Å². The number of esters is 4. The van der Waals surface area contributed by atoms with E-state index in [4.69, 9.17) is 18.9 Å². The Labute approximate surface area is 434 Å². The maximum absolute atomic E-state index is 13.8. The van der Waals surface area contributed by atoms with Crippen molar-refractivity contribution in [2.24, 2.45) is 5.41 Å². The molecule has 0 saturated heterocycles. The van der Waals surface area contributed by atoms with E-state index in [1.807, 2.05) is 134 Å². The van der Waals surface area contributed by atoms with Crippen molar-refractivity contribution in [2.45, 2.75) is 182 Å². The Morgan fingerprint density at radius 3 is 0.795 bits per heavy atom. The fourth-order valence-electron chi connectivity index (χ4n) is 8.46. The standard InChI is InChI=1S/C61H84O12/c1-56(2,3)43-30-39(16-23-48(43)62)19-26-51(65)70-35-61(36-71-52(66)27-20-40-17-24-49(63)44(31-40)57(4,5)6,37-72-53(67)28-21-41-18-25-50(64)45(32-41)58(7,8)9)38-73-54(68)29-22-42-33-46(59(10,11)12)55(69)47(34-42)60(13,14)15/h16-18,23-25,30-34,62-64,69H,19-22,26-29,35-38H2,1-15H3.